The standard InChI is InChI=1S/C28H34ClN7O3/c1-15(2)36-12-19-11-35(13-24(19)33-36)28-16(3)26(25-17(4)34-39-18(25)5)31-27(32-28)22-9-21(7-8-23(22)29)38-14-20(37)10-30-6/h7-9,12,15,20,30,37H,10-11,13-14H2,1-6H3/t20-/m1/s1. The monoisotopic (exact) mass is 551 g/mol. The summed E-state index contributed by atoms with van der Waals surface area (Å²) in [6.07, 6.45) is 1.48. The van der Waals surface area contributed by atoms with Crippen LogP contribution in [0, 0.1) is 20.8 Å². The van der Waals surface area contributed by atoms with Gasteiger partial charge >= 0.3 is 0 Å². The third-order valence-corrected chi connectivity index (χ3v) is 7.21. The molecule has 1 aliphatic rings. The third kappa shape index (κ3) is 5.36. The third-order valence-electron chi connectivity index (χ3n) is 6.88. The number of likely N-dealkylation sites (N-methyl/N-ethyl adjacent to an activating group) is 1. The zero-order valence-electron chi connectivity index (χ0n) is 23.1. The number of benzene rings is 1. The minimum atomic E-state index is -0.638. The lowest BCUT2D eigenvalue weighted by Crippen LogP contribution is -2.29. The molecule has 0 aliphatic carbocycles. The van der Waals surface area contributed by atoms with Gasteiger partial charge in [0.15, 0.2) is 5.82 Å². The summed E-state index contributed by atoms with van der Waals surface area (Å²) in [4.78, 5) is 12.2. The molecule has 5 rings (SSSR count). The van der Waals surface area contributed by atoms with E-state index in [-0.39, 0.29) is 6.61 Å². The molecule has 39 heavy (non-hydrogen) atoms. The molecule has 0 unspecified atom stereocenters. The summed E-state index contributed by atoms with van der Waals surface area (Å²) >= 11 is 6.69. The number of hydrogen-bond acceptors (Lipinski definition) is 9. The van der Waals surface area contributed by atoms with E-state index in [9.17, 15) is 5.11 Å². The molecule has 1 aliphatic heterocycles. The van der Waals surface area contributed by atoms with Gasteiger partial charge in [-0.25, -0.2) is 9.97 Å². The van der Waals surface area contributed by atoms with E-state index < -0.39 is 6.10 Å². The molecule has 0 amide bonds. The van der Waals surface area contributed by atoms with Crippen LogP contribution in [0.3, 0.4) is 0 Å². The highest BCUT2D eigenvalue weighted by molar-refractivity contribution is 6.33. The van der Waals surface area contributed by atoms with Gasteiger partial charge in [-0.05, 0) is 59.9 Å². The first-order valence-electron chi connectivity index (χ1n) is 13.0. The largest absolute Gasteiger partial charge is 0.491 e. The molecule has 0 fully saturated rings. The maximum atomic E-state index is 10.1. The molecule has 0 saturated carbocycles. The van der Waals surface area contributed by atoms with Crippen LogP contribution in [0.5, 0.6) is 5.75 Å². The van der Waals surface area contributed by atoms with Crippen LogP contribution in [0.25, 0.3) is 22.6 Å². The quantitative estimate of drug-likeness (QED) is 0.307. The van der Waals surface area contributed by atoms with Crippen LogP contribution >= 0.6 is 11.6 Å². The smallest absolute Gasteiger partial charge is 0.163 e. The Kier molecular flexibility index (Phi) is 7.61. The molecule has 1 aromatic carbocycles. The molecule has 0 bridgehead atoms. The van der Waals surface area contributed by atoms with E-state index in [1.165, 1.54) is 5.56 Å². The molecular weight excluding hydrogens is 518 g/mol. The van der Waals surface area contributed by atoms with Gasteiger partial charge in [-0.3, -0.25) is 4.68 Å². The summed E-state index contributed by atoms with van der Waals surface area (Å²) in [6, 6.07) is 5.65. The Morgan fingerprint density at radius 3 is 2.64 bits per heavy atom. The molecule has 10 nitrogen and oxygen atoms in total. The Hall–Kier alpha value is -3.47. The maximum Gasteiger partial charge on any atom is 0.163 e. The van der Waals surface area contributed by atoms with Crippen LogP contribution in [0.4, 0.5) is 5.82 Å². The predicted molar refractivity (Wildman–Crippen MR) is 150 cm³/mol. The number of nitrogens with one attached hydrogen (secondary N) is 1. The maximum absolute atomic E-state index is 10.1. The summed E-state index contributed by atoms with van der Waals surface area (Å²) in [5.41, 5.74) is 6.15. The second-order valence-corrected chi connectivity index (χ2v) is 10.6. The second-order valence-electron chi connectivity index (χ2n) is 10.2. The summed E-state index contributed by atoms with van der Waals surface area (Å²) in [6.45, 7) is 12.0. The van der Waals surface area contributed by atoms with E-state index in [4.69, 9.17) is 35.9 Å². The number of aromatic nitrogens is 5. The fraction of sp³-hybridized carbons (Fsp3) is 0.429. The average molecular weight is 552 g/mol. The van der Waals surface area contributed by atoms with Crippen LogP contribution in [-0.2, 0) is 13.1 Å². The van der Waals surface area contributed by atoms with Crippen molar-refractivity contribution in [1.29, 1.82) is 0 Å². The van der Waals surface area contributed by atoms with E-state index >= 15 is 0 Å². The first kappa shape index (κ1) is 27.1. The van der Waals surface area contributed by atoms with Gasteiger partial charge in [-0.1, -0.05) is 16.8 Å². The number of nitrogens with zero attached hydrogens (tertiary/aromatic N) is 6. The number of fused-ring (bicyclic) bond motifs is 1. The number of aliphatic hydroxyl groups is 1. The number of anilines is 1. The Balaban J connectivity index is 1.57. The lowest BCUT2D eigenvalue weighted by Gasteiger charge is -2.22. The molecule has 206 valence electrons. The molecule has 1 atom stereocenters. The Morgan fingerprint density at radius 1 is 1.18 bits per heavy atom. The minimum absolute atomic E-state index is 0.143. The Morgan fingerprint density at radius 2 is 1.97 bits per heavy atom. The van der Waals surface area contributed by atoms with Gasteiger partial charge in [-0.15, -0.1) is 0 Å². The first-order valence-corrected chi connectivity index (χ1v) is 13.4. The van der Waals surface area contributed by atoms with Crippen molar-refractivity contribution < 1.29 is 14.4 Å². The first-order chi connectivity index (χ1) is 18.7. The molecular formula is C28H34ClN7O3. The van der Waals surface area contributed by atoms with Crippen molar-refractivity contribution >= 4 is 17.4 Å². The van der Waals surface area contributed by atoms with Crippen molar-refractivity contribution in [2.24, 2.45) is 0 Å². The molecule has 11 heteroatoms. The van der Waals surface area contributed by atoms with Crippen LogP contribution in [-0.4, -0.2) is 56.3 Å². The van der Waals surface area contributed by atoms with Gasteiger partial charge in [0, 0.05) is 42.0 Å². The van der Waals surface area contributed by atoms with Gasteiger partial charge in [-0.2, -0.15) is 5.10 Å². The van der Waals surface area contributed by atoms with Gasteiger partial charge < -0.3 is 24.6 Å². The molecule has 3 aromatic heterocycles. The summed E-state index contributed by atoms with van der Waals surface area (Å²) in [5, 5.41) is 22.5. The minimum Gasteiger partial charge on any atom is -0.491 e. The van der Waals surface area contributed by atoms with E-state index in [1.807, 2.05) is 31.5 Å². The number of hydrogen-bond donors (Lipinski definition) is 2. The molecule has 4 heterocycles. The van der Waals surface area contributed by atoms with E-state index in [0.717, 1.165) is 34.0 Å². The molecule has 0 saturated heterocycles. The highest BCUT2D eigenvalue weighted by Crippen LogP contribution is 2.39. The predicted octanol–water partition coefficient (Wildman–Crippen LogP) is 4.63. The highest BCUT2D eigenvalue weighted by atomic mass is 35.5. The average Bonchev–Trinajstić information content (AvgIpc) is 3.57. The van der Waals surface area contributed by atoms with Crippen molar-refractivity contribution in [3.8, 4) is 28.4 Å². The lowest BCUT2D eigenvalue weighted by atomic mass is 10.0. The molecule has 0 spiro atoms. The van der Waals surface area contributed by atoms with Crippen molar-refractivity contribution in [1.82, 2.24) is 30.2 Å². The summed E-state index contributed by atoms with van der Waals surface area (Å²) < 4.78 is 13.3. The van der Waals surface area contributed by atoms with Gasteiger partial charge in [0.1, 0.15) is 30.0 Å². The van der Waals surface area contributed by atoms with Crippen molar-refractivity contribution in [3.63, 3.8) is 0 Å². The van der Waals surface area contributed by atoms with E-state index in [0.29, 0.717) is 53.6 Å². The molecule has 4 aromatic rings. The van der Waals surface area contributed by atoms with Crippen molar-refractivity contribution in [2.75, 3.05) is 25.1 Å². The number of rotatable bonds is 9. The summed E-state index contributed by atoms with van der Waals surface area (Å²) in [7, 11) is 1.78. The Bertz CT molecular complexity index is 1450. The number of aliphatic hydroxyl groups excluding tert-OH is 1. The zero-order chi connectivity index (χ0) is 27.8. The zero-order valence-corrected chi connectivity index (χ0v) is 23.9. The molecule has 2 N–H and O–H groups in total. The number of halogens is 1. The SMILES string of the molecule is CNC[C@@H](O)COc1ccc(Cl)c(-c2nc(-c3c(C)noc3C)c(C)c(N3Cc4cn(C(C)C)nc4C3)n2)c1. The van der Waals surface area contributed by atoms with E-state index in [2.05, 4.69) is 35.4 Å². The van der Waals surface area contributed by atoms with Gasteiger partial charge in [0.05, 0.1) is 34.2 Å². The van der Waals surface area contributed by atoms with Crippen LogP contribution in [0.15, 0.2) is 28.9 Å². The number of aryl methyl sites for hydroxylation is 2. The fourth-order valence-corrected chi connectivity index (χ4v) is 5.04. The van der Waals surface area contributed by atoms with Crippen LogP contribution < -0.4 is 15.0 Å². The Labute approximate surface area is 233 Å². The van der Waals surface area contributed by atoms with Crippen molar-refractivity contribution in [3.05, 3.63) is 57.7 Å². The summed E-state index contributed by atoms with van der Waals surface area (Å²) in [5.74, 6) is 2.52. The van der Waals surface area contributed by atoms with Gasteiger partial charge in [0.2, 0.25) is 0 Å². The topological polar surface area (TPSA) is 114 Å². The number of ether oxygens (including phenoxy) is 1. The van der Waals surface area contributed by atoms with Crippen molar-refractivity contribution in [2.45, 2.75) is 59.9 Å². The highest BCUT2D eigenvalue weighted by Gasteiger charge is 2.29. The van der Waals surface area contributed by atoms with Crippen LogP contribution in [0.1, 0.15) is 48.2 Å². The molecule has 0 radical (unpaired) electrons. The normalized spacial score (nSPS) is 13.8. The second kappa shape index (κ2) is 11.0. The van der Waals surface area contributed by atoms with E-state index in [1.54, 1.807) is 19.2 Å². The van der Waals surface area contributed by atoms with Gasteiger partial charge in [0.25, 0.3) is 0 Å². The lowest BCUT2D eigenvalue weighted by molar-refractivity contribution is 0.108. The van der Waals surface area contributed by atoms with Crippen LogP contribution in [0.2, 0.25) is 5.02 Å². The fourth-order valence-electron chi connectivity index (χ4n) is 4.84.